The molecule has 1 heterocycles. The van der Waals surface area contributed by atoms with Gasteiger partial charge in [0.25, 0.3) is 0 Å². The van der Waals surface area contributed by atoms with Crippen LogP contribution in [0.1, 0.15) is 24.8 Å². The van der Waals surface area contributed by atoms with Crippen molar-refractivity contribution in [2.45, 2.75) is 40.1 Å². The molecule has 1 aliphatic rings. The fourth-order valence-corrected chi connectivity index (χ4v) is 5.26. The predicted octanol–water partition coefficient (Wildman–Crippen LogP) is 4.35. The zero-order chi connectivity index (χ0) is 23.9. The molecular weight excluding hydrogens is 467 g/mol. The molecule has 0 saturated carbocycles. The molecule has 2 aromatic rings. The summed E-state index contributed by atoms with van der Waals surface area (Å²) < 4.78 is 63.3. The molecule has 1 atom stereocenters. The molecule has 3 rings (SSSR count). The molecule has 2 N–H and O–H groups in total. The van der Waals surface area contributed by atoms with Crippen molar-refractivity contribution in [3.05, 3.63) is 48.0 Å². The Morgan fingerprint density at radius 2 is 1.88 bits per heavy atom. The highest BCUT2D eigenvalue weighted by Crippen LogP contribution is 2.34. The summed E-state index contributed by atoms with van der Waals surface area (Å²) in [6.45, 7) is 3.93. The molecule has 0 aromatic heterocycles. The molecule has 11 heteroatoms. The molecule has 1 aliphatic heterocycles. The third-order valence-electron chi connectivity index (χ3n) is 4.68. The summed E-state index contributed by atoms with van der Waals surface area (Å²) in [7, 11) is -1.97. The van der Waals surface area contributed by atoms with E-state index in [9.17, 15) is 21.6 Å². The number of nitrogens with one attached hydrogen (secondary N) is 1. The van der Waals surface area contributed by atoms with E-state index in [-0.39, 0.29) is 4.90 Å². The molecule has 0 radical (unpaired) electrons. The van der Waals surface area contributed by atoms with E-state index in [2.05, 4.69) is 5.32 Å². The molecule has 1 unspecified atom stereocenters. The van der Waals surface area contributed by atoms with E-state index in [1.807, 2.05) is 19.1 Å². The number of aliphatic carboxylic acids is 1. The molecular formula is C21H24F3NO5S2. The number of carboxylic acids is 1. The summed E-state index contributed by atoms with van der Waals surface area (Å²) in [6, 6.07) is 12.4. The van der Waals surface area contributed by atoms with Crippen LogP contribution in [0.25, 0.3) is 0 Å². The van der Waals surface area contributed by atoms with Crippen LogP contribution in [0.5, 0.6) is 5.75 Å². The maximum Gasteiger partial charge on any atom is 0.490 e. The molecule has 0 spiro atoms. The van der Waals surface area contributed by atoms with E-state index < -0.39 is 22.0 Å². The lowest BCUT2D eigenvalue weighted by Crippen LogP contribution is -2.21. The first-order chi connectivity index (χ1) is 15.0. The van der Waals surface area contributed by atoms with Gasteiger partial charge in [0.2, 0.25) is 9.84 Å². The van der Waals surface area contributed by atoms with Gasteiger partial charge in [0, 0.05) is 17.4 Å². The third-order valence-corrected chi connectivity index (χ3v) is 7.31. The fourth-order valence-electron chi connectivity index (χ4n) is 3.15. The van der Waals surface area contributed by atoms with Gasteiger partial charge in [-0.05, 0) is 54.6 Å². The number of halogens is 3. The van der Waals surface area contributed by atoms with Crippen molar-refractivity contribution >= 4 is 27.6 Å². The number of benzene rings is 2. The highest BCUT2D eigenvalue weighted by molar-refractivity contribution is 7.99. The molecule has 1 saturated heterocycles. The minimum Gasteiger partial charge on any atom is -0.496 e. The lowest BCUT2D eigenvalue weighted by molar-refractivity contribution is -0.192. The van der Waals surface area contributed by atoms with E-state index in [0.29, 0.717) is 16.6 Å². The molecule has 32 heavy (non-hydrogen) atoms. The Morgan fingerprint density at radius 3 is 2.41 bits per heavy atom. The first-order valence-corrected chi connectivity index (χ1v) is 12.1. The maximum absolute atomic E-state index is 13.0. The Morgan fingerprint density at radius 1 is 1.22 bits per heavy atom. The van der Waals surface area contributed by atoms with Crippen molar-refractivity contribution in [1.29, 1.82) is 0 Å². The summed E-state index contributed by atoms with van der Waals surface area (Å²) in [5.41, 5.74) is 1.07. The van der Waals surface area contributed by atoms with Crippen LogP contribution in [0.3, 0.4) is 0 Å². The monoisotopic (exact) mass is 491 g/mol. The molecule has 176 valence electrons. The number of thioether (sulfide) groups is 1. The number of hydrogen-bond donors (Lipinski definition) is 2. The van der Waals surface area contributed by atoms with Crippen molar-refractivity contribution in [3.8, 4) is 5.75 Å². The quantitative estimate of drug-likeness (QED) is 0.581. The third kappa shape index (κ3) is 6.63. The average Bonchev–Trinajstić information content (AvgIpc) is 3.28. The van der Waals surface area contributed by atoms with Crippen LogP contribution in [0.4, 0.5) is 13.2 Å². The number of alkyl halides is 3. The van der Waals surface area contributed by atoms with Gasteiger partial charge in [-0.2, -0.15) is 13.2 Å². The zero-order valence-electron chi connectivity index (χ0n) is 17.5. The minimum atomic E-state index is -5.08. The van der Waals surface area contributed by atoms with Gasteiger partial charge < -0.3 is 15.2 Å². The summed E-state index contributed by atoms with van der Waals surface area (Å²) in [6.07, 6.45) is -4.04. The van der Waals surface area contributed by atoms with Crippen LogP contribution in [0, 0.1) is 0 Å². The van der Waals surface area contributed by atoms with Gasteiger partial charge in [0.15, 0.2) is 0 Å². The number of carbonyl (C=O) groups is 1. The number of rotatable bonds is 6. The van der Waals surface area contributed by atoms with Crippen molar-refractivity contribution in [2.24, 2.45) is 0 Å². The van der Waals surface area contributed by atoms with Crippen LogP contribution >= 0.6 is 11.8 Å². The van der Waals surface area contributed by atoms with Gasteiger partial charge in [-0.1, -0.05) is 19.1 Å². The average molecular weight is 492 g/mol. The Labute approximate surface area is 189 Å². The van der Waals surface area contributed by atoms with E-state index in [1.54, 1.807) is 49.2 Å². The molecule has 6 nitrogen and oxygen atoms in total. The Bertz CT molecular complexity index is 1040. The van der Waals surface area contributed by atoms with Gasteiger partial charge in [-0.3, -0.25) is 0 Å². The van der Waals surface area contributed by atoms with Gasteiger partial charge in [-0.15, -0.1) is 11.8 Å². The van der Waals surface area contributed by atoms with E-state index in [1.165, 1.54) is 0 Å². The van der Waals surface area contributed by atoms with Crippen LogP contribution in [-0.4, -0.2) is 51.6 Å². The fraction of sp³-hybridized carbons (Fsp3) is 0.381. The minimum absolute atomic E-state index is 0.276. The number of methoxy groups -OCH3 is 1. The molecule has 2 aromatic carbocycles. The lowest BCUT2D eigenvalue weighted by atomic mass is 9.97. The highest BCUT2D eigenvalue weighted by atomic mass is 32.2. The predicted molar refractivity (Wildman–Crippen MR) is 115 cm³/mol. The van der Waals surface area contributed by atoms with Crippen LogP contribution < -0.4 is 10.1 Å². The zero-order valence-corrected chi connectivity index (χ0v) is 19.1. The molecule has 0 aliphatic carbocycles. The molecule has 0 amide bonds. The second kappa shape index (κ2) is 11.1. The van der Waals surface area contributed by atoms with Crippen LogP contribution in [-0.2, 0) is 14.6 Å². The number of sulfone groups is 1. The summed E-state index contributed by atoms with van der Waals surface area (Å²) in [5, 5.41) is 10.5. The van der Waals surface area contributed by atoms with E-state index in [4.69, 9.17) is 14.6 Å². The number of carboxylic acid groups (broad SMARTS) is 1. The lowest BCUT2D eigenvalue weighted by Gasteiger charge is -2.15. The SMILES string of the molecule is CCSc1cccc(S(=O)(=O)c2ccc(C3CCNC3)c(OC)c2)c1.O=C(O)C(F)(F)F. The summed E-state index contributed by atoms with van der Waals surface area (Å²) in [4.78, 5) is 10.5. The normalized spacial score (nSPS) is 16.2. The Balaban J connectivity index is 0.000000451. The van der Waals surface area contributed by atoms with Crippen molar-refractivity contribution in [3.63, 3.8) is 0 Å². The number of hydrogen-bond acceptors (Lipinski definition) is 6. The first kappa shape index (κ1) is 26.0. The van der Waals surface area contributed by atoms with Crippen LogP contribution in [0.2, 0.25) is 0 Å². The molecule has 0 bridgehead atoms. The standard InChI is InChI=1S/C19H23NO3S2.C2HF3O2/c1-3-24-15-5-4-6-16(11-15)25(21,22)17-7-8-18(19(12-17)23-2)14-9-10-20-13-14;3-2(4,5)1(6)7/h4-8,11-12,14,20H,3,9-10,13H2,1-2H3;(H,6,7). The maximum atomic E-state index is 13.0. The first-order valence-electron chi connectivity index (χ1n) is 9.67. The van der Waals surface area contributed by atoms with Crippen molar-refractivity contribution < 1.29 is 36.2 Å². The van der Waals surface area contributed by atoms with E-state index >= 15 is 0 Å². The number of ether oxygens (including phenoxy) is 1. The second-order valence-corrected chi connectivity index (χ2v) is 10.1. The van der Waals surface area contributed by atoms with Crippen molar-refractivity contribution in [1.82, 2.24) is 5.32 Å². The highest BCUT2D eigenvalue weighted by Gasteiger charge is 2.38. The topological polar surface area (TPSA) is 92.7 Å². The second-order valence-electron chi connectivity index (χ2n) is 6.81. The van der Waals surface area contributed by atoms with E-state index in [0.717, 1.165) is 35.7 Å². The van der Waals surface area contributed by atoms with Crippen LogP contribution in [0.15, 0.2) is 57.2 Å². The largest absolute Gasteiger partial charge is 0.496 e. The smallest absolute Gasteiger partial charge is 0.490 e. The van der Waals surface area contributed by atoms with Crippen molar-refractivity contribution in [2.75, 3.05) is 26.0 Å². The summed E-state index contributed by atoms with van der Waals surface area (Å²) >= 11 is 1.63. The molecule has 1 fully saturated rings. The van der Waals surface area contributed by atoms with Gasteiger partial charge in [0.05, 0.1) is 16.9 Å². The summed E-state index contributed by atoms with van der Waals surface area (Å²) in [5.74, 6) is -0.834. The van der Waals surface area contributed by atoms with Gasteiger partial charge >= 0.3 is 12.1 Å². The Kier molecular flexibility index (Phi) is 8.99. The Hall–Kier alpha value is -2.24. The van der Waals surface area contributed by atoms with Gasteiger partial charge in [0.1, 0.15) is 5.75 Å². The van der Waals surface area contributed by atoms with Gasteiger partial charge in [-0.25, -0.2) is 13.2 Å².